The number of rotatable bonds is 7. The maximum Gasteiger partial charge on any atom is 0.0910 e. The first-order valence-electron chi connectivity index (χ1n) is 10.4. The molecule has 0 radical (unpaired) electrons. The molecular formula is C26H29NS. The highest BCUT2D eigenvalue weighted by Gasteiger charge is 2.40. The normalized spacial score (nSPS) is 17.7. The first-order chi connectivity index (χ1) is 13.8. The summed E-state index contributed by atoms with van der Waals surface area (Å²) in [5, 5.41) is 0.632. The highest BCUT2D eigenvalue weighted by molar-refractivity contribution is 8.01. The molecule has 1 saturated heterocycles. The molecule has 4 rings (SSSR count). The Kier molecular flexibility index (Phi) is 6.19. The van der Waals surface area contributed by atoms with Crippen LogP contribution in [0.5, 0.6) is 0 Å². The van der Waals surface area contributed by atoms with Crippen molar-refractivity contribution >= 4 is 11.8 Å². The summed E-state index contributed by atoms with van der Waals surface area (Å²) in [5.41, 5.74) is 4.10. The van der Waals surface area contributed by atoms with Gasteiger partial charge in [0, 0.05) is 11.8 Å². The molecule has 3 aromatic carbocycles. The van der Waals surface area contributed by atoms with E-state index in [0.717, 1.165) is 0 Å². The second-order valence-corrected chi connectivity index (χ2v) is 9.12. The van der Waals surface area contributed by atoms with Gasteiger partial charge in [0.25, 0.3) is 0 Å². The monoisotopic (exact) mass is 387 g/mol. The number of hydrogen-bond donors (Lipinski definition) is 0. The Labute approximate surface area is 173 Å². The Morgan fingerprint density at radius 2 is 1.25 bits per heavy atom. The summed E-state index contributed by atoms with van der Waals surface area (Å²) in [5.74, 6) is 0. The lowest BCUT2D eigenvalue weighted by Crippen LogP contribution is -2.30. The number of nitrogens with zero attached hydrogens (tertiary/aromatic N) is 1. The molecule has 1 heterocycles. The van der Waals surface area contributed by atoms with Crippen LogP contribution >= 0.6 is 11.8 Å². The van der Waals surface area contributed by atoms with E-state index < -0.39 is 0 Å². The molecular weight excluding hydrogens is 358 g/mol. The van der Waals surface area contributed by atoms with Gasteiger partial charge in [-0.05, 0) is 42.6 Å². The van der Waals surface area contributed by atoms with E-state index in [1.807, 2.05) is 0 Å². The van der Waals surface area contributed by atoms with E-state index in [2.05, 4.69) is 115 Å². The van der Waals surface area contributed by atoms with Gasteiger partial charge in [-0.1, -0.05) is 97.9 Å². The van der Waals surface area contributed by atoms with Crippen LogP contribution in [0.15, 0.2) is 91.0 Å². The van der Waals surface area contributed by atoms with Gasteiger partial charge in [0.05, 0.1) is 4.75 Å². The summed E-state index contributed by atoms with van der Waals surface area (Å²) >= 11 is 2.15. The van der Waals surface area contributed by atoms with E-state index in [4.69, 9.17) is 0 Å². The summed E-state index contributed by atoms with van der Waals surface area (Å²) in [7, 11) is 0. The SMILES string of the molecule is CCCN1CCC(SC(c2ccccc2)(c2ccccc2)c2ccccc2)C1. The molecule has 0 N–H and O–H groups in total. The van der Waals surface area contributed by atoms with E-state index >= 15 is 0 Å². The number of hydrogen-bond acceptors (Lipinski definition) is 2. The molecule has 0 aromatic heterocycles. The van der Waals surface area contributed by atoms with Crippen LogP contribution in [0.25, 0.3) is 0 Å². The third-order valence-electron chi connectivity index (χ3n) is 5.65. The van der Waals surface area contributed by atoms with Crippen LogP contribution in [0.3, 0.4) is 0 Å². The van der Waals surface area contributed by atoms with Gasteiger partial charge in [-0.15, -0.1) is 11.8 Å². The van der Waals surface area contributed by atoms with Gasteiger partial charge < -0.3 is 4.90 Å². The van der Waals surface area contributed by atoms with Gasteiger partial charge in [-0.2, -0.15) is 0 Å². The van der Waals surface area contributed by atoms with Gasteiger partial charge in [0.1, 0.15) is 0 Å². The zero-order chi connectivity index (χ0) is 19.2. The standard InChI is InChI=1S/C26H29NS/c1-2-19-27-20-18-25(21-27)28-26(22-12-6-3-7-13-22,23-14-8-4-9-15-23)24-16-10-5-11-17-24/h3-17,25H,2,18-21H2,1H3. The topological polar surface area (TPSA) is 3.24 Å². The minimum absolute atomic E-state index is 0.184. The average molecular weight is 388 g/mol. The predicted octanol–water partition coefficient (Wildman–Crippen LogP) is 6.20. The quantitative estimate of drug-likeness (QED) is 0.444. The molecule has 1 unspecified atom stereocenters. The van der Waals surface area contributed by atoms with Crippen LogP contribution < -0.4 is 0 Å². The first kappa shape index (κ1) is 19.3. The summed E-state index contributed by atoms with van der Waals surface area (Å²) in [6, 6.07) is 33.2. The highest BCUT2D eigenvalue weighted by atomic mass is 32.2. The van der Waals surface area contributed by atoms with Crippen molar-refractivity contribution in [2.24, 2.45) is 0 Å². The zero-order valence-electron chi connectivity index (χ0n) is 16.6. The minimum atomic E-state index is -0.184. The van der Waals surface area contributed by atoms with E-state index in [-0.39, 0.29) is 4.75 Å². The molecule has 0 bridgehead atoms. The molecule has 1 aliphatic rings. The van der Waals surface area contributed by atoms with Gasteiger partial charge in [-0.3, -0.25) is 0 Å². The highest BCUT2D eigenvalue weighted by Crippen LogP contribution is 2.51. The van der Waals surface area contributed by atoms with E-state index in [1.54, 1.807) is 0 Å². The lowest BCUT2D eigenvalue weighted by atomic mass is 9.84. The molecule has 0 spiro atoms. The van der Waals surface area contributed by atoms with Crippen molar-refractivity contribution in [2.45, 2.75) is 29.8 Å². The second-order valence-electron chi connectivity index (χ2n) is 7.61. The van der Waals surface area contributed by atoms with Crippen molar-refractivity contribution < 1.29 is 0 Å². The predicted molar refractivity (Wildman–Crippen MR) is 122 cm³/mol. The largest absolute Gasteiger partial charge is 0.302 e. The van der Waals surface area contributed by atoms with Crippen molar-refractivity contribution in [3.63, 3.8) is 0 Å². The van der Waals surface area contributed by atoms with Crippen LogP contribution in [-0.4, -0.2) is 29.8 Å². The van der Waals surface area contributed by atoms with Crippen molar-refractivity contribution in [1.82, 2.24) is 4.90 Å². The fourth-order valence-corrected chi connectivity index (χ4v) is 6.21. The second kappa shape index (κ2) is 8.98. The molecule has 2 heteroatoms. The summed E-state index contributed by atoms with van der Waals surface area (Å²) in [6.07, 6.45) is 2.50. The maximum absolute atomic E-state index is 2.63. The third-order valence-corrected chi connectivity index (χ3v) is 7.43. The fourth-order valence-electron chi connectivity index (χ4n) is 4.39. The Balaban J connectivity index is 1.82. The van der Waals surface area contributed by atoms with Crippen LogP contribution in [0.2, 0.25) is 0 Å². The van der Waals surface area contributed by atoms with E-state index in [9.17, 15) is 0 Å². The summed E-state index contributed by atoms with van der Waals surface area (Å²) < 4.78 is -0.184. The molecule has 1 fully saturated rings. The Hall–Kier alpha value is -2.03. The third kappa shape index (κ3) is 3.90. The van der Waals surface area contributed by atoms with Crippen LogP contribution in [0.4, 0.5) is 0 Å². The van der Waals surface area contributed by atoms with Crippen LogP contribution in [-0.2, 0) is 4.75 Å². The van der Waals surface area contributed by atoms with Crippen molar-refractivity contribution in [3.05, 3.63) is 108 Å². The number of benzene rings is 3. The lowest BCUT2D eigenvalue weighted by Gasteiger charge is -2.37. The minimum Gasteiger partial charge on any atom is -0.302 e. The van der Waals surface area contributed by atoms with Crippen molar-refractivity contribution in [1.29, 1.82) is 0 Å². The molecule has 1 nitrogen and oxygen atoms in total. The molecule has 0 aliphatic carbocycles. The number of likely N-dealkylation sites (tertiary alicyclic amines) is 1. The van der Waals surface area contributed by atoms with Crippen LogP contribution in [0, 0.1) is 0 Å². The molecule has 28 heavy (non-hydrogen) atoms. The Morgan fingerprint density at radius 1 is 0.786 bits per heavy atom. The van der Waals surface area contributed by atoms with Gasteiger partial charge in [0.15, 0.2) is 0 Å². The molecule has 144 valence electrons. The smallest absolute Gasteiger partial charge is 0.0910 e. The molecule has 1 aliphatic heterocycles. The van der Waals surface area contributed by atoms with E-state index in [1.165, 1.54) is 49.2 Å². The number of thioether (sulfide) groups is 1. The maximum atomic E-state index is 2.63. The Bertz CT molecular complexity index is 751. The van der Waals surface area contributed by atoms with Crippen molar-refractivity contribution in [3.8, 4) is 0 Å². The van der Waals surface area contributed by atoms with E-state index in [0.29, 0.717) is 5.25 Å². The first-order valence-corrected chi connectivity index (χ1v) is 11.3. The molecule has 1 atom stereocenters. The van der Waals surface area contributed by atoms with Crippen LogP contribution in [0.1, 0.15) is 36.5 Å². The van der Waals surface area contributed by atoms with Crippen molar-refractivity contribution in [2.75, 3.05) is 19.6 Å². The molecule has 0 saturated carbocycles. The molecule has 3 aromatic rings. The fraction of sp³-hybridized carbons (Fsp3) is 0.308. The summed E-state index contributed by atoms with van der Waals surface area (Å²) in [6.45, 7) is 5.90. The average Bonchev–Trinajstić information content (AvgIpc) is 3.21. The molecule has 0 amide bonds. The van der Waals surface area contributed by atoms with Gasteiger partial charge >= 0.3 is 0 Å². The van der Waals surface area contributed by atoms with Gasteiger partial charge in [-0.25, -0.2) is 0 Å². The Morgan fingerprint density at radius 3 is 1.68 bits per heavy atom. The zero-order valence-corrected chi connectivity index (χ0v) is 17.4. The summed E-state index contributed by atoms with van der Waals surface area (Å²) in [4.78, 5) is 2.63. The van der Waals surface area contributed by atoms with Gasteiger partial charge in [0.2, 0.25) is 0 Å². The lowest BCUT2D eigenvalue weighted by molar-refractivity contribution is 0.340.